The van der Waals surface area contributed by atoms with E-state index in [2.05, 4.69) is 5.32 Å². The lowest BCUT2D eigenvalue weighted by Gasteiger charge is -2.24. The number of likely N-dealkylation sites (tertiary alicyclic amines) is 1. The first-order valence-electron chi connectivity index (χ1n) is 6.20. The molecule has 2 unspecified atom stereocenters. The number of carbonyl (C=O) groups excluding carboxylic acids is 1. The lowest BCUT2D eigenvalue weighted by Crippen LogP contribution is -2.45. The molecule has 98 valence electrons. The van der Waals surface area contributed by atoms with Crippen LogP contribution in [0.1, 0.15) is 33.6 Å². The molecule has 0 aromatic heterocycles. The summed E-state index contributed by atoms with van der Waals surface area (Å²) in [5.74, 6) is -1.35. The molecule has 1 saturated heterocycles. The maximum atomic E-state index is 11.8. The van der Waals surface area contributed by atoms with Crippen molar-refractivity contribution in [2.45, 2.75) is 39.7 Å². The summed E-state index contributed by atoms with van der Waals surface area (Å²) in [5, 5.41) is 11.7. The summed E-state index contributed by atoms with van der Waals surface area (Å²) in [6, 6.07) is 0.124. The van der Waals surface area contributed by atoms with Crippen molar-refractivity contribution in [1.29, 1.82) is 0 Å². The number of rotatable bonds is 4. The Labute approximate surface area is 102 Å². The summed E-state index contributed by atoms with van der Waals surface area (Å²) in [5.41, 5.74) is 0. The second-order valence-corrected chi connectivity index (χ2v) is 5.06. The first-order chi connectivity index (χ1) is 7.93. The highest BCUT2D eigenvalue weighted by Gasteiger charge is 2.27. The molecule has 1 aliphatic rings. The number of carboxylic acid groups (broad SMARTS) is 1. The minimum atomic E-state index is -0.852. The summed E-state index contributed by atoms with van der Waals surface area (Å²) in [6.45, 7) is 6.69. The fourth-order valence-electron chi connectivity index (χ4n) is 2.14. The van der Waals surface area contributed by atoms with E-state index in [1.54, 1.807) is 4.90 Å². The van der Waals surface area contributed by atoms with Crippen LogP contribution in [0.3, 0.4) is 0 Å². The number of hydrogen-bond acceptors (Lipinski definition) is 2. The highest BCUT2D eigenvalue weighted by molar-refractivity contribution is 5.76. The molecule has 0 bridgehead atoms. The smallest absolute Gasteiger partial charge is 0.317 e. The van der Waals surface area contributed by atoms with Crippen LogP contribution in [-0.4, -0.2) is 41.1 Å². The highest BCUT2D eigenvalue weighted by atomic mass is 16.4. The van der Waals surface area contributed by atoms with E-state index >= 15 is 0 Å². The summed E-state index contributed by atoms with van der Waals surface area (Å²) >= 11 is 0. The number of hydrogen-bond donors (Lipinski definition) is 2. The van der Waals surface area contributed by atoms with Gasteiger partial charge in [0.15, 0.2) is 0 Å². The zero-order valence-electron chi connectivity index (χ0n) is 10.8. The van der Waals surface area contributed by atoms with Crippen LogP contribution in [0.25, 0.3) is 0 Å². The van der Waals surface area contributed by atoms with Crippen molar-refractivity contribution in [2.75, 3.05) is 13.1 Å². The molecule has 5 heteroatoms. The molecule has 0 spiro atoms. The van der Waals surface area contributed by atoms with E-state index in [1.165, 1.54) is 0 Å². The van der Waals surface area contributed by atoms with Crippen molar-refractivity contribution in [1.82, 2.24) is 10.2 Å². The van der Waals surface area contributed by atoms with Crippen LogP contribution in [0, 0.1) is 11.8 Å². The molecule has 2 amide bonds. The molecular formula is C12H22N2O3. The Morgan fingerprint density at radius 3 is 2.53 bits per heavy atom. The summed E-state index contributed by atoms with van der Waals surface area (Å²) in [4.78, 5) is 24.6. The molecule has 0 aromatic rings. The summed E-state index contributed by atoms with van der Waals surface area (Å²) in [7, 11) is 0. The molecule has 1 fully saturated rings. The molecule has 0 aliphatic carbocycles. The minimum Gasteiger partial charge on any atom is -0.481 e. The zero-order chi connectivity index (χ0) is 13.0. The Hall–Kier alpha value is -1.26. The Bertz CT molecular complexity index is 291. The summed E-state index contributed by atoms with van der Waals surface area (Å²) in [6.07, 6.45) is 2.06. The maximum absolute atomic E-state index is 11.8. The second-order valence-electron chi connectivity index (χ2n) is 5.06. The van der Waals surface area contributed by atoms with Crippen LogP contribution in [0.5, 0.6) is 0 Å². The average molecular weight is 242 g/mol. The van der Waals surface area contributed by atoms with Gasteiger partial charge in [0.25, 0.3) is 0 Å². The molecule has 17 heavy (non-hydrogen) atoms. The topological polar surface area (TPSA) is 69.6 Å². The molecule has 0 radical (unpaired) electrons. The van der Waals surface area contributed by atoms with Gasteiger partial charge in [-0.05, 0) is 25.7 Å². The molecule has 1 aliphatic heterocycles. The third kappa shape index (κ3) is 3.61. The van der Waals surface area contributed by atoms with E-state index in [1.807, 2.05) is 20.8 Å². The standard InChI is InChI=1S/C12H22N2O3/c1-8(2)10(11(15)16)7-13-12(17)14-6-4-5-9(14)3/h8-10H,4-7H2,1-3H3,(H,13,17)(H,15,16). The first-order valence-corrected chi connectivity index (χ1v) is 6.20. The fraction of sp³-hybridized carbons (Fsp3) is 0.833. The number of nitrogens with one attached hydrogen (secondary N) is 1. The van der Waals surface area contributed by atoms with Gasteiger partial charge in [0.05, 0.1) is 5.92 Å². The van der Waals surface area contributed by atoms with Gasteiger partial charge in [-0.2, -0.15) is 0 Å². The molecular weight excluding hydrogens is 220 g/mol. The molecule has 1 heterocycles. The fourth-order valence-corrected chi connectivity index (χ4v) is 2.14. The molecule has 2 atom stereocenters. The second kappa shape index (κ2) is 5.89. The highest BCUT2D eigenvalue weighted by Crippen LogP contribution is 2.16. The third-order valence-electron chi connectivity index (χ3n) is 3.41. The van der Waals surface area contributed by atoms with Gasteiger partial charge in [-0.15, -0.1) is 0 Å². The predicted octanol–water partition coefficient (Wildman–Crippen LogP) is 1.54. The summed E-state index contributed by atoms with van der Waals surface area (Å²) < 4.78 is 0. The van der Waals surface area contributed by atoms with E-state index in [9.17, 15) is 9.59 Å². The van der Waals surface area contributed by atoms with E-state index < -0.39 is 11.9 Å². The van der Waals surface area contributed by atoms with Crippen molar-refractivity contribution in [3.05, 3.63) is 0 Å². The van der Waals surface area contributed by atoms with E-state index in [0.717, 1.165) is 19.4 Å². The van der Waals surface area contributed by atoms with Crippen LogP contribution in [0.4, 0.5) is 4.79 Å². The third-order valence-corrected chi connectivity index (χ3v) is 3.41. The molecule has 1 rings (SSSR count). The van der Waals surface area contributed by atoms with Gasteiger partial charge in [-0.1, -0.05) is 13.8 Å². The lowest BCUT2D eigenvalue weighted by molar-refractivity contribution is -0.142. The van der Waals surface area contributed by atoms with E-state index in [0.29, 0.717) is 0 Å². The van der Waals surface area contributed by atoms with Gasteiger partial charge < -0.3 is 15.3 Å². The maximum Gasteiger partial charge on any atom is 0.317 e. The molecule has 0 aromatic carbocycles. The van der Waals surface area contributed by atoms with Crippen LogP contribution in [0.15, 0.2) is 0 Å². The van der Waals surface area contributed by atoms with Crippen molar-refractivity contribution in [3.8, 4) is 0 Å². The average Bonchev–Trinajstić information content (AvgIpc) is 2.63. The van der Waals surface area contributed by atoms with Gasteiger partial charge in [0.1, 0.15) is 0 Å². The lowest BCUT2D eigenvalue weighted by atomic mass is 9.96. The Balaban J connectivity index is 2.43. The number of urea groups is 1. The van der Waals surface area contributed by atoms with Crippen LogP contribution in [-0.2, 0) is 4.79 Å². The molecule has 5 nitrogen and oxygen atoms in total. The SMILES string of the molecule is CC(C)C(CNC(=O)N1CCCC1C)C(=O)O. The van der Waals surface area contributed by atoms with Crippen LogP contribution >= 0.6 is 0 Å². The Morgan fingerprint density at radius 2 is 2.12 bits per heavy atom. The Morgan fingerprint density at radius 1 is 1.47 bits per heavy atom. The van der Waals surface area contributed by atoms with Crippen molar-refractivity contribution in [2.24, 2.45) is 11.8 Å². The first kappa shape index (κ1) is 13.8. The van der Waals surface area contributed by atoms with Crippen molar-refractivity contribution >= 4 is 12.0 Å². The number of nitrogens with zero attached hydrogens (tertiary/aromatic N) is 1. The number of amides is 2. The molecule has 0 saturated carbocycles. The van der Waals surface area contributed by atoms with Gasteiger partial charge in [-0.25, -0.2) is 4.79 Å². The van der Waals surface area contributed by atoms with Gasteiger partial charge >= 0.3 is 12.0 Å². The normalized spacial score (nSPS) is 21.6. The number of aliphatic carboxylic acids is 1. The van der Waals surface area contributed by atoms with Crippen molar-refractivity contribution < 1.29 is 14.7 Å². The predicted molar refractivity (Wildman–Crippen MR) is 64.8 cm³/mol. The number of carbonyl (C=O) groups is 2. The van der Waals surface area contributed by atoms with Crippen LogP contribution in [0.2, 0.25) is 0 Å². The number of carboxylic acids is 1. The molecule has 2 N–H and O–H groups in total. The largest absolute Gasteiger partial charge is 0.481 e. The van der Waals surface area contributed by atoms with Crippen molar-refractivity contribution in [3.63, 3.8) is 0 Å². The van der Waals surface area contributed by atoms with Crippen LogP contribution < -0.4 is 5.32 Å². The quantitative estimate of drug-likeness (QED) is 0.785. The van der Waals surface area contributed by atoms with E-state index in [4.69, 9.17) is 5.11 Å². The minimum absolute atomic E-state index is 0.0174. The monoisotopic (exact) mass is 242 g/mol. The Kier molecular flexibility index (Phi) is 4.78. The van der Waals surface area contributed by atoms with Gasteiger partial charge in [-0.3, -0.25) is 4.79 Å². The van der Waals surface area contributed by atoms with Gasteiger partial charge in [0.2, 0.25) is 0 Å². The zero-order valence-corrected chi connectivity index (χ0v) is 10.8. The van der Waals surface area contributed by atoms with Gasteiger partial charge in [0, 0.05) is 19.1 Å². The van der Waals surface area contributed by atoms with E-state index in [-0.39, 0.29) is 24.5 Å².